The molecule has 0 aromatic heterocycles. The van der Waals surface area contributed by atoms with Crippen molar-refractivity contribution in [3.8, 4) is 0 Å². The van der Waals surface area contributed by atoms with Gasteiger partial charge in [-0.2, -0.15) is 0 Å². The summed E-state index contributed by atoms with van der Waals surface area (Å²) in [6.45, 7) is 17.4. The average Bonchev–Trinajstić information content (AvgIpc) is 2.44. The molecule has 0 bridgehead atoms. The molecule has 0 saturated carbocycles. The van der Waals surface area contributed by atoms with Crippen molar-refractivity contribution >= 4 is 20.6 Å². The highest BCUT2D eigenvalue weighted by Crippen LogP contribution is 2.45. The van der Waals surface area contributed by atoms with E-state index in [0.717, 1.165) is 6.29 Å². The van der Waals surface area contributed by atoms with E-state index in [9.17, 15) is 9.59 Å². The first kappa shape index (κ1) is 20.4. The van der Waals surface area contributed by atoms with Crippen LogP contribution in [0.4, 0.5) is 0 Å². The Morgan fingerprint density at radius 1 is 1.09 bits per heavy atom. The summed E-state index contributed by atoms with van der Waals surface area (Å²) in [5, 5.41) is 0. The van der Waals surface area contributed by atoms with Gasteiger partial charge in [-0.1, -0.05) is 48.5 Å². The molecule has 1 heterocycles. The van der Waals surface area contributed by atoms with Gasteiger partial charge in [0, 0.05) is 12.3 Å². The van der Waals surface area contributed by atoms with E-state index in [1.807, 2.05) is 13.8 Å². The molecule has 0 aliphatic carbocycles. The molecule has 0 spiro atoms. The molecule has 1 aliphatic rings. The van der Waals surface area contributed by atoms with Crippen LogP contribution in [0, 0.1) is 11.8 Å². The second kappa shape index (κ2) is 7.93. The lowest BCUT2D eigenvalue weighted by molar-refractivity contribution is -0.176. The first-order valence-electron chi connectivity index (χ1n) is 8.91. The van der Waals surface area contributed by atoms with E-state index in [1.165, 1.54) is 0 Å². The van der Waals surface area contributed by atoms with Gasteiger partial charge in [0.15, 0.2) is 0 Å². The van der Waals surface area contributed by atoms with Crippen LogP contribution in [0.15, 0.2) is 0 Å². The lowest BCUT2D eigenvalue weighted by Gasteiger charge is -2.49. The lowest BCUT2D eigenvalue weighted by Crippen LogP contribution is -2.57. The van der Waals surface area contributed by atoms with E-state index < -0.39 is 8.32 Å². The molecule has 1 rings (SSSR count). The predicted octanol–water partition coefficient (Wildman–Crippen LogP) is 4.33. The molecule has 0 aromatic carbocycles. The van der Waals surface area contributed by atoms with E-state index >= 15 is 0 Å². The molecule has 4 nitrogen and oxygen atoms in total. The summed E-state index contributed by atoms with van der Waals surface area (Å²) in [5.41, 5.74) is 1.39. The molecular formula is C18H34O4Si. The van der Waals surface area contributed by atoms with Gasteiger partial charge in [-0.05, 0) is 23.5 Å². The number of esters is 1. The Kier molecular flexibility index (Phi) is 7.02. The highest BCUT2D eigenvalue weighted by Gasteiger charge is 2.51. The SMILES string of the molecule is CC(C)[Si](O[C@H]1[C@@H](C)[C@H](CC=O)OC(=O)[C@@H]1C)(C(C)C)C(C)C. The van der Waals surface area contributed by atoms with Crippen LogP contribution < -0.4 is 0 Å². The monoisotopic (exact) mass is 342 g/mol. The number of carbonyl (C=O) groups is 2. The average molecular weight is 343 g/mol. The zero-order valence-corrected chi connectivity index (χ0v) is 17.0. The zero-order valence-electron chi connectivity index (χ0n) is 16.0. The van der Waals surface area contributed by atoms with Gasteiger partial charge >= 0.3 is 5.97 Å². The van der Waals surface area contributed by atoms with Crippen LogP contribution in [0.5, 0.6) is 0 Å². The second-order valence-corrected chi connectivity index (χ2v) is 13.3. The van der Waals surface area contributed by atoms with Crippen molar-refractivity contribution < 1.29 is 18.8 Å². The van der Waals surface area contributed by atoms with Gasteiger partial charge < -0.3 is 14.0 Å². The molecule has 0 unspecified atom stereocenters. The van der Waals surface area contributed by atoms with Gasteiger partial charge in [-0.15, -0.1) is 0 Å². The van der Waals surface area contributed by atoms with Gasteiger partial charge in [-0.3, -0.25) is 4.79 Å². The molecule has 0 radical (unpaired) electrons. The lowest BCUT2D eigenvalue weighted by atomic mass is 9.85. The Morgan fingerprint density at radius 2 is 1.57 bits per heavy atom. The van der Waals surface area contributed by atoms with Gasteiger partial charge in [0.25, 0.3) is 0 Å². The Balaban J connectivity index is 3.18. The minimum Gasteiger partial charge on any atom is -0.461 e. The maximum absolute atomic E-state index is 12.2. The van der Waals surface area contributed by atoms with Crippen LogP contribution in [-0.4, -0.2) is 32.8 Å². The Bertz CT molecular complexity index is 397. The first-order valence-corrected chi connectivity index (χ1v) is 11.0. The molecule has 134 valence electrons. The molecule has 1 saturated heterocycles. The molecule has 0 N–H and O–H groups in total. The fraction of sp³-hybridized carbons (Fsp3) is 0.889. The van der Waals surface area contributed by atoms with E-state index in [1.54, 1.807) is 0 Å². The molecule has 0 aromatic rings. The molecular weight excluding hydrogens is 308 g/mol. The largest absolute Gasteiger partial charge is 0.461 e. The number of carbonyl (C=O) groups excluding carboxylic acids is 2. The van der Waals surface area contributed by atoms with Crippen LogP contribution >= 0.6 is 0 Å². The topological polar surface area (TPSA) is 52.6 Å². The predicted molar refractivity (Wildman–Crippen MR) is 94.8 cm³/mol. The molecule has 1 fully saturated rings. The highest BCUT2D eigenvalue weighted by atomic mass is 28.4. The smallest absolute Gasteiger partial charge is 0.311 e. The van der Waals surface area contributed by atoms with Crippen LogP contribution in [0.3, 0.4) is 0 Å². The molecule has 5 heteroatoms. The van der Waals surface area contributed by atoms with Crippen LogP contribution in [-0.2, 0) is 18.8 Å². The van der Waals surface area contributed by atoms with Crippen molar-refractivity contribution in [2.24, 2.45) is 11.8 Å². The van der Waals surface area contributed by atoms with Crippen LogP contribution in [0.25, 0.3) is 0 Å². The van der Waals surface area contributed by atoms with Gasteiger partial charge in [0.05, 0.1) is 12.0 Å². The Hall–Kier alpha value is -0.683. The van der Waals surface area contributed by atoms with Crippen molar-refractivity contribution in [3.05, 3.63) is 0 Å². The van der Waals surface area contributed by atoms with Crippen molar-refractivity contribution in [2.75, 3.05) is 0 Å². The molecule has 1 aliphatic heterocycles. The number of aldehydes is 1. The van der Waals surface area contributed by atoms with Gasteiger partial charge in [0.1, 0.15) is 12.4 Å². The zero-order chi connectivity index (χ0) is 17.9. The number of hydrogen-bond donors (Lipinski definition) is 0. The van der Waals surface area contributed by atoms with E-state index in [4.69, 9.17) is 9.16 Å². The Morgan fingerprint density at radius 3 is 1.96 bits per heavy atom. The fourth-order valence-corrected chi connectivity index (χ4v) is 10.1. The van der Waals surface area contributed by atoms with Gasteiger partial charge in [0.2, 0.25) is 8.32 Å². The number of rotatable bonds is 7. The summed E-state index contributed by atoms with van der Waals surface area (Å²) in [4.78, 5) is 23.1. The maximum Gasteiger partial charge on any atom is 0.311 e. The summed E-state index contributed by atoms with van der Waals surface area (Å²) in [6.07, 6.45) is 0.554. The van der Waals surface area contributed by atoms with Crippen molar-refractivity contribution in [1.29, 1.82) is 0 Å². The van der Waals surface area contributed by atoms with E-state index in [-0.39, 0.29) is 36.4 Å². The summed E-state index contributed by atoms with van der Waals surface area (Å²) in [5.74, 6) is -0.480. The second-order valence-electron chi connectivity index (χ2n) is 7.93. The van der Waals surface area contributed by atoms with Crippen LogP contribution in [0.2, 0.25) is 16.6 Å². The number of hydrogen-bond acceptors (Lipinski definition) is 4. The third kappa shape index (κ3) is 3.87. The summed E-state index contributed by atoms with van der Waals surface area (Å²) in [7, 11) is -2.08. The summed E-state index contributed by atoms with van der Waals surface area (Å²) in [6, 6.07) is 0. The van der Waals surface area contributed by atoms with E-state index in [2.05, 4.69) is 41.5 Å². The van der Waals surface area contributed by atoms with Crippen LogP contribution in [0.1, 0.15) is 61.8 Å². The third-order valence-electron chi connectivity index (χ3n) is 5.61. The fourth-order valence-electron chi connectivity index (χ4n) is 4.38. The highest BCUT2D eigenvalue weighted by molar-refractivity contribution is 6.77. The Labute approximate surface area is 142 Å². The standard InChI is InChI=1S/C18H34O4Si/c1-11(2)23(12(3)4,13(5)6)22-17-14(7)16(9-10-19)21-18(20)15(17)8/h10-17H,9H2,1-8H3/t14-,15+,16-,17-/m0/s1. The molecule has 0 amide bonds. The maximum atomic E-state index is 12.2. The minimum atomic E-state index is -2.08. The molecule has 23 heavy (non-hydrogen) atoms. The van der Waals surface area contributed by atoms with E-state index in [0.29, 0.717) is 16.6 Å². The summed E-state index contributed by atoms with van der Waals surface area (Å²) >= 11 is 0. The third-order valence-corrected chi connectivity index (χ3v) is 11.7. The van der Waals surface area contributed by atoms with Crippen molar-refractivity contribution in [1.82, 2.24) is 0 Å². The quantitative estimate of drug-likeness (QED) is 0.392. The van der Waals surface area contributed by atoms with Crippen molar-refractivity contribution in [2.45, 2.75) is 90.6 Å². The normalized spacial score (nSPS) is 29.3. The van der Waals surface area contributed by atoms with Gasteiger partial charge in [-0.25, -0.2) is 0 Å². The molecule has 4 atom stereocenters. The first-order chi connectivity index (χ1) is 10.6. The van der Waals surface area contributed by atoms with Crippen molar-refractivity contribution in [3.63, 3.8) is 0 Å². The number of cyclic esters (lactones) is 1. The number of ether oxygens (including phenoxy) is 1. The summed E-state index contributed by atoms with van der Waals surface area (Å²) < 4.78 is 12.3. The minimum absolute atomic E-state index is 0.0380.